The maximum absolute atomic E-state index is 11.7. The van der Waals surface area contributed by atoms with E-state index in [4.69, 9.17) is 16.7 Å². The van der Waals surface area contributed by atoms with Crippen molar-refractivity contribution in [2.24, 2.45) is 0 Å². The van der Waals surface area contributed by atoms with E-state index in [-0.39, 0.29) is 18.1 Å². The monoisotopic (exact) mass is 226 g/mol. The number of amides is 1. The van der Waals surface area contributed by atoms with Crippen molar-refractivity contribution in [3.8, 4) is 0 Å². The molecule has 2 N–H and O–H groups in total. The number of carbonyl (C=O) groups is 1. The Hall–Kier alpha value is -1.13. The number of aromatic nitrogens is 1. The second-order valence-electron chi connectivity index (χ2n) is 3.65. The van der Waals surface area contributed by atoms with E-state index in [0.29, 0.717) is 23.4 Å². The first kappa shape index (κ1) is 10.4. The summed E-state index contributed by atoms with van der Waals surface area (Å²) in [6, 6.07) is 1.63. The Kier molecular flexibility index (Phi) is 2.88. The molecule has 0 aromatic carbocycles. The molecule has 1 aromatic heterocycles. The predicted octanol–water partition coefficient (Wildman–Crippen LogP) is 0.988. The van der Waals surface area contributed by atoms with Crippen molar-refractivity contribution in [2.75, 3.05) is 0 Å². The summed E-state index contributed by atoms with van der Waals surface area (Å²) in [6.07, 6.45) is 3.92. The van der Waals surface area contributed by atoms with Gasteiger partial charge in [-0.3, -0.25) is 9.78 Å². The van der Waals surface area contributed by atoms with Gasteiger partial charge in [-0.25, -0.2) is 0 Å². The van der Waals surface area contributed by atoms with Gasteiger partial charge in [0.05, 0.1) is 16.7 Å². The number of aliphatic hydroxyl groups is 1. The second-order valence-corrected chi connectivity index (χ2v) is 4.06. The summed E-state index contributed by atoms with van der Waals surface area (Å²) in [6.45, 7) is 0. The Morgan fingerprint density at radius 2 is 2.33 bits per heavy atom. The van der Waals surface area contributed by atoms with E-state index in [1.54, 1.807) is 6.07 Å². The highest BCUT2D eigenvalue weighted by Gasteiger charge is 2.28. The van der Waals surface area contributed by atoms with Crippen LogP contribution in [0.2, 0.25) is 5.02 Å². The standard InChI is InChI=1S/C10H11ClN2O2/c11-9-1-2-12-5-8(9)10(15)13-6-3-7(14)4-6/h1-2,5-7,14H,3-4H2,(H,13,15). The quantitative estimate of drug-likeness (QED) is 0.791. The van der Waals surface area contributed by atoms with E-state index < -0.39 is 0 Å². The summed E-state index contributed by atoms with van der Waals surface area (Å²) in [5.41, 5.74) is 0.376. The van der Waals surface area contributed by atoms with Crippen LogP contribution in [0.3, 0.4) is 0 Å². The van der Waals surface area contributed by atoms with Gasteiger partial charge in [0.15, 0.2) is 0 Å². The molecule has 0 atom stereocenters. The lowest BCUT2D eigenvalue weighted by Crippen LogP contribution is -2.46. The van der Waals surface area contributed by atoms with E-state index in [1.807, 2.05) is 0 Å². The predicted molar refractivity (Wildman–Crippen MR) is 55.7 cm³/mol. The van der Waals surface area contributed by atoms with Crippen molar-refractivity contribution in [2.45, 2.75) is 25.0 Å². The van der Waals surface area contributed by atoms with Crippen molar-refractivity contribution in [1.29, 1.82) is 0 Å². The summed E-state index contributed by atoms with van der Waals surface area (Å²) < 4.78 is 0. The third-order valence-corrected chi connectivity index (χ3v) is 2.79. The maximum Gasteiger partial charge on any atom is 0.254 e. The molecule has 5 heteroatoms. The van der Waals surface area contributed by atoms with Crippen LogP contribution < -0.4 is 5.32 Å². The molecule has 1 fully saturated rings. The number of nitrogens with zero attached hydrogens (tertiary/aromatic N) is 1. The van der Waals surface area contributed by atoms with Gasteiger partial charge in [0, 0.05) is 18.4 Å². The average molecular weight is 227 g/mol. The molecular weight excluding hydrogens is 216 g/mol. The van der Waals surface area contributed by atoms with Crippen molar-refractivity contribution in [3.63, 3.8) is 0 Å². The minimum absolute atomic E-state index is 0.0590. The van der Waals surface area contributed by atoms with Crippen LogP contribution in [0, 0.1) is 0 Å². The van der Waals surface area contributed by atoms with Gasteiger partial charge in [0.25, 0.3) is 5.91 Å². The van der Waals surface area contributed by atoms with Gasteiger partial charge >= 0.3 is 0 Å². The Bertz CT molecular complexity index is 377. The molecule has 0 aliphatic heterocycles. The zero-order valence-electron chi connectivity index (χ0n) is 7.98. The number of halogens is 1. The highest BCUT2D eigenvalue weighted by molar-refractivity contribution is 6.33. The molecule has 0 unspecified atom stereocenters. The van der Waals surface area contributed by atoms with Crippen LogP contribution in [0.5, 0.6) is 0 Å². The van der Waals surface area contributed by atoms with Gasteiger partial charge in [0.1, 0.15) is 0 Å². The van der Waals surface area contributed by atoms with E-state index in [2.05, 4.69) is 10.3 Å². The van der Waals surface area contributed by atoms with Gasteiger partial charge in [-0.2, -0.15) is 0 Å². The van der Waals surface area contributed by atoms with Gasteiger partial charge < -0.3 is 10.4 Å². The number of nitrogens with one attached hydrogen (secondary N) is 1. The first-order valence-electron chi connectivity index (χ1n) is 4.75. The first-order chi connectivity index (χ1) is 7.16. The SMILES string of the molecule is O=C(NC1CC(O)C1)c1cnccc1Cl. The molecule has 1 aliphatic carbocycles. The number of pyridine rings is 1. The lowest BCUT2D eigenvalue weighted by molar-refractivity contribution is 0.0562. The van der Waals surface area contributed by atoms with Gasteiger partial charge in [-0.05, 0) is 18.9 Å². The summed E-state index contributed by atoms with van der Waals surface area (Å²) in [4.78, 5) is 15.5. The molecule has 80 valence electrons. The smallest absolute Gasteiger partial charge is 0.254 e. The van der Waals surface area contributed by atoms with Crippen LogP contribution in [-0.4, -0.2) is 28.1 Å². The molecule has 1 heterocycles. The lowest BCUT2D eigenvalue weighted by atomic mass is 9.89. The average Bonchev–Trinajstić information content (AvgIpc) is 2.16. The number of hydrogen-bond acceptors (Lipinski definition) is 3. The molecule has 1 aromatic rings. The normalized spacial score (nSPS) is 24.4. The van der Waals surface area contributed by atoms with E-state index in [1.165, 1.54) is 12.4 Å². The number of carbonyl (C=O) groups excluding carboxylic acids is 1. The molecule has 0 radical (unpaired) electrons. The second kappa shape index (κ2) is 4.16. The van der Waals surface area contributed by atoms with Crippen LogP contribution in [0.15, 0.2) is 18.5 Å². The Balaban J connectivity index is 1.99. The fourth-order valence-corrected chi connectivity index (χ4v) is 1.70. The zero-order chi connectivity index (χ0) is 10.8. The molecule has 1 aliphatic rings. The van der Waals surface area contributed by atoms with E-state index in [0.717, 1.165) is 0 Å². The Morgan fingerprint density at radius 1 is 1.60 bits per heavy atom. The molecule has 0 bridgehead atoms. The third kappa shape index (κ3) is 2.27. The van der Waals surface area contributed by atoms with E-state index in [9.17, 15) is 4.79 Å². The molecule has 4 nitrogen and oxygen atoms in total. The minimum Gasteiger partial charge on any atom is -0.393 e. The highest BCUT2D eigenvalue weighted by Crippen LogP contribution is 2.21. The number of aliphatic hydroxyl groups excluding tert-OH is 1. The van der Waals surface area contributed by atoms with Crippen LogP contribution in [0.25, 0.3) is 0 Å². The van der Waals surface area contributed by atoms with Crippen LogP contribution in [0.1, 0.15) is 23.2 Å². The van der Waals surface area contributed by atoms with Crippen LogP contribution in [-0.2, 0) is 0 Å². The van der Waals surface area contributed by atoms with Crippen LogP contribution in [0.4, 0.5) is 0 Å². The third-order valence-electron chi connectivity index (χ3n) is 2.46. The molecule has 15 heavy (non-hydrogen) atoms. The molecule has 0 spiro atoms. The van der Waals surface area contributed by atoms with Gasteiger partial charge in [-0.15, -0.1) is 0 Å². The topological polar surface area (TPSA) is 62.2 Å². The minimum atomic E-state index is -0.278. The zero-order valence-corrected chi connectivity index (χ0v) is 8.74. The highest BCUT2D eigenvalue weighted by atomic mass is 35.5. The fourth-order valence-electron chi connectivity index (χ4n) is 1.51. The fraction of sp³-hybridized carbons (Fsp3) is 0.400. The lowest BCUT2D eigenvalue weighted by Gasteiger charge is -2.31. The summed E-state index contributed by atoms with van der Waals surface area (Å²) in [5, 5.41) is 12.2. The molecule has 2 rings (SSSR count). The summed E-state index contributed by atoms with van der Waals surface area (Å²) in [5.74, 6) is -0.231. The Morgan fingerprint density at radius 3 is 2.93 bits per heavy atom. The molecular formula is C10H11ClN2O2. The van der Waals surface area contributed by atoms with Crippen molar-refractivity contribution >= 4 is 17.5 Å². The van der Waals surface area contributed by atoms with Crippen LogP contribution >= 0.6 is 11.6 Å². The Labute approximate surface area is 92.3 Å². The van der Waals surface area contributed by atoms with Gasteiger partial charge in [0.2, 0.25) is 0 Å². The number of rotatable bonds is 2. The molecule has 1 saturated carbocycles. The molecule has 1 amide bonds. The largest absolute Gasteiger partial charge is 0.393 e. The molecule has 0 saturated heterocycles. The van der Waals surface area contributed by atoms with E-state index >= 15 is 0 Å². The summed E-state index contributed by atoms with van der Waals surface area (Å²) >= 11 is 5.84. The van der Waals surface area contributed by atoms with Crippen molar-refractivity contribution < 1.29 is 9.90 Å². The van der Waals surface area contributed by atoms with Gasteiger partial charge in [-0.1, -0.05) is 11.6 Å². The maximum atomic E-state index is 11.7. The van der Waals surface area contributed by atoms with Crippen molar-refractivity contribution in [1.82, 2.24) is 10.3 Å². The van der Waals surface area contributed by atoms with Crippen molar-refractivity contribution in [3.05, 3.63) is 29.0 Å². The number of hydrogen-bond donors (Lipinski definition) is 2. The summed E-state index contributed by atoms with van der Waals surface area (Å²) in [7, 11) is 0. The first-order valence-corrected chi connectivity index (χ1v) is 5.13.